The van der Waals surface area contributed by atoms with Gasteiger partial charge in [0.05, 0.1) is 30.2 Å². The van der Waals surface area contributed by atoms with Gasteiger partial charge in [0.2, 0.25) is 21.8 Å². The summed E-state index contributed by atoms with van der Waals surface area (Å²) in [5.41, 5.74) is 1.73. The molecular formula is C34H50N4O6S. The molecule has 10 nitrogen and oxygen atoms in total. The quantitative estimate of drug-likeness (QED) is 0.257. The number of nitrogens with zero attached hydrogens (tertiary/aromatic N) is 2. The highest BCUT2D eigenvalue weighted by Gasteiger charge is 2.34. The number of carbonyl (C=O) groups excluding carboxylic acids is 2. The van der Waals surface area contributed by atoms with Crippen LogP contribution in [0.4, 0.5) is 0 Å². The Hall–Kier alpha value is -2.99. The number of hydrogen-bond donors (Lipinski definition) is 3. The highest BCUT2D eigenvalue weighted by molar-refractivity contribution is 7.89. The van der Waals surface area contributed by atoms with E-state index in [9.17, 15) is 23.1 Å². The van der Waals surface area contributed by atoms with Gasteiger partial charge in [0.1, 0.15) is 11.8 Å². The Labute approximate surface area is 268 Å². The number of aliphatic hydroxyl groups excluding tert-OH is 1. The van der Waals surface area contributed by atoms with Crippen molar-refractivity contribution in [3.05, 3.63) is 59.7 Å². The molecule has 11 heteroatoms. The van der Waals surface area contributed by atoms with Gasteiger partial charge in [-0.1, -0.05) is 64.4 Å². The molecule has 0 radical (unpaired) electrons. The maximum absolute atomic E-state index is 13.9. The van der Waals surface area contributed by atoms with Gasteiger partial charge in [-0.25, -0.2) is 8.42 Å². The molecule has 4 unspecified atom stereocenters. The fraction of sp³-hybridized carbons (Fsp3) is 0.588. The van der Waals surface area contributed by atoms with E-state index in [4.69, 9.17) is 4.74 Å². The lowest BCUT2D eigenvalue weighted by molar-refractivity contribution is -0.131. The van der Waals surface area contributed by atoms with Crippen LogP contribution in [-0.2, 0) is 32.5 Å². The Balaban J connectivity index is 1.55. The molecule has 2 heterocycles. The molecule has 2 aromatic carbocycles. The summed E-state index contributed by atoms with van der Waals surface area (Å²) in [5, 5.41) is 17.6. The van der Waals surface area contributed by atoms with E-state index >= 15 is 0 Å². The third-order valence-electron chi connectivity index (χ3n) is 8.73. The summed E-state index contributed by atoms with van der Waals surface area (Å²) in [7, 11) is -3.97. The minimum atomic E-state index is -3.97. The van der Waals surface area contributed by atoms with Crippen molar-refractivity contribution in [1.29, 1.82) is 0 Å². The molecule has 3 N–H and O–H groups in total. The zero-order chi connectivity index (χ0) is 32.6. The van der Waals surface area contributed by atoms with Gasteiger partial charge in [0, 0.05) is 19.5 Å². The summed E-state index contributed by atoms with van der Waals surface area (Å²) >= 11 is 0. The molecule has 1 saturated heterocycles. The van der Waals surface area contributed by atoms with Crippen molar-refractivity contribution >= 4 is 21.8 Å². The standard InChI is InChI=1S/C34H50N4O6S/c1-5-25(4)33(36-32(40)23-37-16-9-10-17-37)34(41)35-29(19-26-11-7-6-8-12-26)30(39)22-38(21-24(2)3)45(42,43)28-13-14-31-27(20-28)15-18-44-31/h6-8,11-14,20,24-25,29-30,33,39H,5,9-10,15-19,21-23H2,1-4H3,(H,35,41)(H,36,40). The minimum Gasteiger partial charge on any atom is -0.493 e. The number of nitrogens with one attached hydrogen (secondary N) is 2. The van der Waals surface area contributed by atoms with Crippen LogP contribution in [0.2, 0.25) is 0 Å². The van der Waals surface area contributed by atoms with E-state index in [-0.39, 0.29) is 48.7 Å². The predicted octanol–water partition coefficient (Wildman–Crippen LogP) is 2.98. The monoisotopic (exact) mass is 642 g/mol. The molecular weight excluding hydrogens is 592 g/mol. The van der Waals surface area contributed by atoms with Crippen LogP contribution in [0, 0.1) is 11.8 Å². The van der Waals surface area contributed by atoms with Gasteiger partial charge in [0.25, 0.3) is 0 Å². The number of sulfonamides is 1. The highest BCUT2D eigenvalue weighted by Crippen LogP contribution is 2.29. The van der Waals surface area contributed by atoms with Gasteiger partial charge in [-0.3, -0.25) is 14.5 Å². The second-order valence-electron chi connectivity index (χ2n) is 12.9. The second kappa shape index (κ2) is 16.0. The molecule has 2 aromatic rings. The molecule has 0 aromatic heterocycles. The molecule has 0 saturated carbocycles. The maximum Gasteiger partial charge on any atom is 0.243 e. The number of carbonyl (C=O) groups is 2. The Morgan fingerprint density at radius 1 is 1.02 bits per heavy atom. The molecule has 0 aliphatic carbocycles. The topological polar surface area (TPSA) is 128 Å². The molecule has 1 fully saturated rings. The zero-order valence-electron chi connectivity index (χ0n) is 27.1. The van der Waals surface area contributed by atoms with Crippen molar-refractivity contribution in [2.75, 3.05) is 39.3 Å². The third kappa shape index (κ3) is 9.51. The molecule has 4 atom stereocenters. The van der Waals surface area contributed by atoms with Crippen molar-refractivity contribution in [3.63, 3.8) is 0 Å². The smallest absolute Gasteiger partial charge is 0.243 e. The fourth-order valence-electron chi connectivity index (χ4n) is 5.98. The van der Waals surface area contributed by atoms with Crippen molar-refractivity contribution in [3.8, 4) is 5.75 Å². The van der Waals surface area contributed by atoms with Crippen LogP contribution in [0.15, 0.2) is 53.4 Å². The largest absolute Gasteiger partial charge is 0.493 e. The summed E-state index contributed by atoms with van der Waals surface area (Å²) < 4.78 is 34.8. The van der Waals surface area contributed by atoms with Crippen molar-refractivity contribution in [2.24, 2.45) is 11.8 Å². The van der Waals surface area contributed by atoms with Gasteiger partial charge in [-0.15, -0.1) is 0 Å². The van der Waals surface area contributed by atoms with Crippen LogP contribution >= 0.6 is 0 Å². The molecule has 2 aliphatic rings. The molecule has 0 bridgehead atoms. The lowest BCUT2D eigenvalue weighted by Crippen LogP contribution is -2.57. The lowest BCUT2D eigenvalue weighted by atomic mass is 9.96. The second-order valence-corrected chi connectivity index (χ2v) is 14.8. The van der Waals surface area contributed by atoms with Crippen molar-refractivity contribution in [2.45, 2.75) is 82.9 Å². The van der Waals surface area contributed by atoms with Crippen molar-refractivity contribution in [1.82, 2.24) is 19.8 Å². The first-order valence-corrected chi connectivity index (χ1v) is 17.7. The van der Waals surface area contributed by atoms with Crippen LogP contribution in [0.5, 0.6) is 5.75 Å². The van der Waals surface area contributed by atoms with E-state index < -0.39 is 34.1 Å². The Bertz CT molecular complexity index is 1380. The van der Waals surface area contributed by atoms with Crippen molar-refractivity contribution < 1.29 is 27.9 Å². The number of ether oxygens (including phenoxy) is 1. The number of aliphatic hydroxyl groups is 1. The number of fused-ring (bicyclic) bond motifs is 1. The molecule has 0 spiro atoms. The van der Waals surface area contributed by atoms with Gasteiger partial charge in [-0.2, -0.15) is 4.31 Å². The van der Waals surface area contributed by atoms with Crippen LogP contribution in [0.25, 0.3) is 0 Å². The summed E-state index contributed by atoms with van der Waals surface area (Å²) in [5.74, 6) is -0.0583. The summed E-state index contributed by atoms with van der Waals surface area (Å²) in [6.07, 6.45) is 2.49. The van der Waals surface area contributed by atoms with Crippen LogP contribution in [0.3, 0.4) is 0 Å². The average molecular weight is 643 g/mol. The van der Waals surface area contributed by atoms with E-state index in [0.717, 1.165) is 37.1 Å². The maximum atomic E-state index is 13.9. The number of rotatable bonds is 16. The normalized spacial score (nSPS) is 17.8. The first-order chi connectivity index (χ1) is 21.5. The van der Waals surface area contributed by atoms with Gasteiger partial charge >= 0.3 is 0 Å². The van der Waals surface area contributed by atoms with E-state index in [2.05, 4.69) is 15.5 Å². The first-order valence-electron chi connectivity index (χ1n) is 16.3. The molecule has 2 amide bonds. The Kier molecular flexibility index (Phi) is 12.4. The predicted molar refractivity (Wildman–Crippen MR) is 174 cm³/mol. The number of amides is 2. The lowest BCUT2D eigenvalue weighted by Gasteiger charge is -2.32. The fourth-order valence-corrected chi connectivity index (χ4v) is 7.65. The molecule has 2 aliphatic heterocycles. The number of benzene rings is 2. The SMILES string of the molecule is CCC(C)C(NC(=O)CN1CCCC1)C(=O)NC(Cc1ccccc1)C(O)CN(CC(C)C)S(=O)(=O)c1ccc2c(c1)CCO2. The zero-order valence-corrected chi connectivity index (χ0v) is 27.9. The van der Waals surface area contributed by atoms with Crippen LogP contribution in [-0.4, -0.2) is 92.1 Å². The van der Waals surface area contributed by atoms with Gasteiger partial charge in [0.15, 0.2) is 0 Å². The molecule has 4 rings (SSSR count). The van der Waals surface area contributed by atoms with E-state index in [1.54, 1.807) is 18.2 Å². The molecule has 248 valence electrons. The highest BCUT2D eigenvalue weighted by atomic mass is 32.2. The van der Waals surface area contributed by atoms with Gasteiger partial charge in [-0.05, 0) is 73.5 Å². The first kappa shape index (κ1) is 34.9. The van der Waals surface area contributed by atoms with E-state index in [1.165, 1.54) is 4.31 Å². The molecule has 45 heavy (non-hydrogen) atoms. The third-order valence-corrected chi connectivity index (χ3v) is 10.6. The number of hydrogen-bond acceptors (Lipinski definition) is 7. The summed E-state index contributed by atoms with van der Waals surface area (Å²) in [6, 6.07) is 12.8. The Morgan fingerprint density at radius 3 is 2.40 bits per heavy atom. The average Bonchev–Trinajstić information content (AvgIpc) is 3.71. The number of likely N-dealkylation sites (tertiary alicyclic amines) is 1. The minimum absolute atomic E-state index is 0.00694. The van der Waals surface area contributed by atoms with Crippen LogP contribution < -0.4 is 15.4 Å². The summed E-state index contributed by atoms with van der Waals surface area (Å²) in [4.78, 5) is 29.0. The Morgan fingerprint density at radius 2 is 1.73 bits per heavy atom. The van der Waals surface area contributed by atoms with E-state index in [1.807, 2.05) is 58.0 Å². The van der Waals surface area contributed by atoms with Gasteiger partial charge < -0.3 is 20.5 Å². The van der Waals surface area contributed by atoms with Crippen LogP contribution in [0.1, 0.15) is 58.1 Å². The van der Waals surface area contributed by atoms with E-state index in [0.29, 0.717) is 25.2 Å². The summed E-state index contributed by atoms with van der Waals surface area (Å²) in [6.45, 7) is 10.2.